The molecule has 3 aromatic rings. The topological polar surface area (TPSA) is 155 Å². The van der Waals surface area contributed by atoms with Crippen molar-refractivity contribution in [1.29, 1.82) is 0 Å². The van der Waals surface area contributed by atoms with Crippen LogP contribution in [0.25, 0.3) is 11.5 Å². The third-order valence-corrected chi connectivity index (χ3v) is 6.39. The minimum Gasteiger partial charge on any atom is -0.436 e. The normalized spacial score (nSPS) is 14.0. The summed E-state index contributed by atoms with van der Waals surface area (Å²) in [7, 11) is 0. The lowest BCUT2D eigenvalue weighted by atomic mass is 9.83. The fraction of sp³-hybridized carbons (Fsp3) is 0.500. The number of aliphatic hydroxyl groups is 1. The Kier molecular flexibility index (Phi) is 9.40. The number of alkyl carbamates (subject to hydrolysis) is 1. The van der Waals surface area contributed by atoms with Crippen LogP contribution < -0.4 is 10.6 Å². The average Bonchev–Trinajstić information content (AvgIpc) is 3.57. The van der Waals surface area contributed by atoms with E-state index in [1.54, 1.807) is 6.07 Å². The number of aryl methyl sites for hydroxylation is 1. The average molecular weight is 513 g/mol. The largest absolute Gasteiger partial charge is 0.436 e. The van der Waals surface area contributed by atoms with Gasteiger partial charge in [-0.25, -0.2) is 4.79 Å². The van der Waals surface area contributed by atoms with Crippen LogP contribution in [0.15, 0.2) is 40.9 Å². The minimum atomic E-state index is -1.50. The SMILES string of the molecule is CCCC[C@H](NC(=O)O[C@H](c1nnc(-c2ccc(C)cc2)o1)C(C)(C)CC)[C@H](O)C(=O)Nc1ccn[nH]1. The molecule has 0 saturated carbocycles. The van der Waals surface area contributed by atoms with Crippen LogP contribution in [0.5, 0.6) is 0 Å². The number of anilines is 1. The fourth-order valence-electron chi connectivity index (χ4n) is 3.62. The second kappa shape index (κ2) is 12.5. The number of nitrogens with zero attached hydrogens (tertiary/aromatic N) is 3. The summed E-state index contributed by atoms with van der Waals surface area (Å²) < 4.78 is 11.7. The summed E-state index contributed by atoms with van der Waals surface area (Å²) in [6.45, 7) is 9.80. The molecule has 0 spiro atoms. The number of H-pyrrole nitrogens is 1. The molecule has 11 nitrogen and oxygen atoms in total. The molecule has 0 aliphatic carbocycles. The van der Waals surface area contributed by atoms with Crippen LogP contribution in [-0.2, 0) is 9.53 Å². The van der Waals surface area contributed by atoms with Crippen LogP contribution in [0.3, 0.4) is 0 Å². The quantitative estimate of drug-likeness (QED) is 0.276. The number of unbranched alkanes of at least 4 members (excludes halogenated alkanes) is 1. The van der Waals surface area contributed by atoms with Crippen molar-refractivity contribution in [2.24, 2.45) is 5.41 Å². The van der Waals surface area contributed by atoms with Crippen LogP contribution in [0, 0.1) is 12.3 Å². The van der Waals surface area contributed by atoms with Crippen molar-refractivity contribution >= 4 is 17.8 Å². The summed E-state index contributed by atoms with van der Waals surface area (Å²) in [4.78, 5) is 25.6. The molecule has 0 aliphatic heterocycles. The van der Waals surface area contributed by atoms with Gasteiger partial charge in [0.1, 0.15) is 5.82 Å². The molecule has 200 valence electrons. The molecule has 0 bridgehead atoms. The van der Waals surface area contributed by atoms with E-state index in [-0.39, 0.29) is 5.89 Å². The smallest absolute Gasteiger partial charge is 0.408 e. The number of hydrogen-bond acceptors (Lipinski definition) is 8. The van der Waals surface area contributed by atoms with E-state index in [1.165, 1.54) is 6.20 Å². The molecule has 1 aromatic carbocycles. The molecular weight excluding hydrogens is 476 g/mol. The molecule has 0 unspecified atom stereocenters. The van der Waals surface area contributed by atoms with E-state index < -0.39 is 35.7 Å². The molecule has 0 aliphatic rings. The summed E-state index contributed by atoms with van der Waals surface area (Å²) in [5, 5.41) is 30.6. The molecule has 0 radical (unpaired) electrons. The zero-order valence-corrected chi connectivity index (χ0v) is 21.9. The number of benzene rings is 1. The number of nitrogens with one attached hydrogen (secondary N) is 3. The second-order valence-electron chi connectivity index (χ2n) is 9.74. The van der Waals surface area contributed by atoms with Gasteiger partial charge in [0, 0.05) is 17.0 Å². The van der Waals surface area contributed by atoms with Crippen molar-refractivity contribution in [2.75, 3.05) is 5.32 Å². The number of aliphatic hydroxyl groups excluding tert-OH is 1. The van der Waals surface area contributed by atoms with E-state index in [0.717, 1.165) is 17.5 Å². The van der Waals surface area contributed by atoms with Gasteiger partial charge >= 0.3 is 6.09 Å². The Morgan fingerprint density at radius 2 is 1.89 bits per heavy atom. The lowest BCUT2D eigenvalue weighted by molar-refractivity contribution is -0.125. The van der Waals surface area contributed by atoms with Gasteiger partial charge in [-0.15, -0.1) is 10.2 Å². The van der Waals surface area contributed by atoms with Gasteiger partial charge in [0.15, 0.2) is 12.2 Å². The van der Waals surface area contributed by atoms with E-state index >= 15 is 0 Å². The molecule has 0 saturated heterocycles. The van der Waals surface area contributed by atoms with Gasteiger partial charge in [-0.05, 0) is 31.9 Å². The molecule has 3 atom stereocenters. The first-order chi connectivity index (χ1) is 17.6. The zero-order valence-electron chi connectivity index (χ0n) is 21.9. The van der Waals surface area contributed by atoms with E-state index in [2.05, 4.69) is 31.0 Å². The van der Waals surface area contributed by atoms with Crippen molar-refractivity contribution in [2.45, 2.75) is 78.6 Å². The summed E-state index contributed by atoms with van der Waals surface area (Å²) in [5.74, 6) is 0.157. The summed E-state index contributed by atoms with van der Waals surface area (Å²) in [6.07, 6.45) is 0.859. The van der Waals surface area contributed by atoms with Gasteiger partial charge in [-0.3, -0.25) is 9.89 Å². The molecule has 2 amide bonds. The first-order valence-electron chi connectivity index (χ1n) is 12.5. The molecule has 2 heterocycles. The number of carbonyl (C=O) groups is 2. The lowest BCUT2D eigenvalue weighted by Gasteiger charge is -2.31. The van der Waals surface area contributed by atoms with E-state index in [1.807, 2.05) is 58.9 Å². The van der Waals surface area contributed by atoms with Crippen molar-refractivity contribution in [1.82, 2.24) is 25.7 Å². The highest BCUT2D eigenvalue weighted by molar-refractivity contribution is 5.94. The Labute approximate surface area is 216 Å². The number of rotatable bonds is 12. The lowest BCUT2D eigenvalue weighted by Crippen LogP contribution is -2.49. The number of aromatic amines is 1. The standard InChI is InChI=1S/C26H36N6O5/c1-6-8-9-18(20(33)22(34)29-19-14-15-27-30-19)28-25(35)36-21(26(4,5)7-2)24-32-31-23(37-24)17-12-10-16(3)11-13-17/h10-15,18,20-21,33H,6-9H2,1-5H3,(H,28,35)(H2,27,29,30,34)/t18-,20-,21+/m0/s1. The first kappa shape index (κ1) is 27.9. The molecule has 4 N–H and O–H groups in total. The Bertz CT molecular complexity index is 1140. The molecule has 0 fully saturated rings. The van der Waals surface area contributed by atoms with Gasteiger partial charge in [0.05, 0.1) is 12.2 Å². The predicted octanol–water partition coefficient (Wildman–Crippen LogP) is 4.53. The van der Waals surface area contributed by atoms with Crippen LogP contribution in [0.1, 0.15) is 70.9 Å². The Morgan fingerprint density at radius 3 is 2.51 bits per heavy atom. The number of hydrogen-bond donors (Lipinski definition) is 4. The van der Waals surface area contributed by atoms with Gasteiger partial charge < -0.3 is 24.9 Å². The van der Waals surface area contributed by atoms with Crippen molar-refractivity contribution in [3.8, 4) is 11.5 Å². The Morgan fingerprint density at radius 1 is 1.16 bits per heavy atom. The van der Waals surface area contributed by atoms with Gasteiger partial charge in [-0.2, -0.15) is 5.10 Å². The molecule has 3 rings (SSSR count). The highest BCUT2D eigenvalue weighted by Gasteiger charge is 2.38. The third kappa shape index (κ3) is 7.39. The number of amides is 2. The second-order valence-corrected chi connectivity index (χ2v) is 9.74. The van der Waals surface area contributed by atoms with E-state index in [9.17, 15) is 14.7 Å². The first-order valence-corrected chi connectivity index (χ1v) is 12.5. The summed E-state index contributed by atoms with van der Waals surface area (Å²) in [6, 6.07) is 8.34. The van der Waals surface area contributed by atoms with Crippen LogP contribution in [0.2, 0.25) is 0 Å². The summed E-state index contributed by atoms with van der Waals surface area (Å²) >= 11 is 0. The number of ether oxygens (including phenoxy) is 1. The van der Waals surface area contributed by atoms with Gasteiger partial charge in [0.25, 0.3) is 11.8 Å². The van der Waals surface area contributed by atoms with Crippen LogP contribution >= 0.6 is 0 Å². The minimum absolute atomic E-state index is 0.167. The fourth-order valence-corrected chi connectivity index (χ4v) is 3.62. The zero-order chi connectivity index (χ0) is 27.0. The monoisotopic (exact) mass is 512 g/mol. The van der Waals surface area contributed by atoms with Crippen molar-refractivity contribution < 1.29 is 23.8 Å². The summed E-state index contributed by atoms with van der Waals surface area (Å²) in [5.41, 5.74) is 1.32. The Balaban J connectivity index is 1.75. The number of carbonyl (C=O) groups excluding carboxylic acids is 2. The van der Waals surface area contributed by atoms with Crippen LogP contribution in [-0.4, -0.2) is 49.6 Å². The Hall–Kier alpha value is -3.73. The molecular formula is C26H36N6O5. The van der Waals surface area contributed by atoms with Crippen molar-refractivity contribution in [3.63, 3.8) is 0 Å². The molecule has 11 heteroatoms. The van der Waals surface area contributed by atoms with Gasteiger partial charge in [-0.1, -0.05) is 58.2 Å². The highest BCUT2D eigenvalue weighted by Crippen LogP contribution is 2.39. The predicted molar refractivity (Wildman–Crippen MR) is 137 cm³/mol. The van der Waals surface area contributed by atoms with E-state index in [0.29, 0.717) is 31.0 Å². The molecule has 2 aromatic heterocycles. The molecule has 37 heavy (non-hydrogen) atoms. The van der Waals surface area contributed by atoms with E-state index in [4.69, 9.17) is 9.15 Å². The number of aromatic nitrogens is 4. The van der Waals surface area contributed by atoms with Crippen LogP contribution in [0.4, 0.5) is 10.6 Å². The van der Waals surface area contributed by atoms with Crippen molar-refractivity contribution in [3.05, 3.63) is 48.0 Å². The highest BCUT2D eigenvalue weighted by atomic mass is 16.6. The third-order valence-electron chi connectivity index (χ3n) is 6.39. The maximum Gasteiger partial charge on any atom is 0.408 e. The maximum atomic E-state index is 13.0. The van der Waals surface area contributed by atoms with Gasteiger partial charge in [0.2, 0.25) is 5.89 Å². The maximum absolute atomic E-state index is 13.0.